The largest absolute Gasteiger partial charge is 0.380 e. The maximum absolute atomic E-state index is 6.36. The summed E-state index contributed by atoms with van der Waals surface area (Å²) in [7, 11) is 3.65. The molecule has 2 aromatic heterocycles. The molecular formula is C14H19ClN4O. The molecule has 0 spiro atoms. The van der Waals surface area contributed by atoms with Gasteiger partial charge in [-0.25, -0.2) is 4.98 Å². The molecule has 0 aliphatic carbocycles. The normalized spacial score (nSPS) is 23.5. The first kappa shape index (κ1) is 13.6. The fourth-order valence-electron chi connectivity index (χ4n) is 2.80. The van der Waals surface area contributed by atoms with Gasteiger partial charge in [0.15, 0.2) is 5.65 Å². The average Bonchev–Trinajstić information content (AvgIpc) is 2.82. The van der Waals surface area contributed by atoms with E-state index in [1.54, 1.807) is 18.0 Å². The zero-order chi connectivity index (χ0) is 14.3. The molecule has 0 amide bonds. The summed E-state index contributed by atoms with van der Waals surface area (Å²) in [5, 5.41) is 5.81. The van der Waals surface area contributed by atoms with Crippen LogP contribution in [0.2, 0.25) is 5.02 Å². The second-order valence-corrected chi connectivity index (χ2v) is 5.81. The number of fused-ring (bicyclic) bond motifs is 1. The van der Waals surface area contributed by atoms with E-state index in [1.165, 1.54) is 0 Å². The van der Waals surface area contributed by atoms with E-state index in [0.717, 1.165) is 36.2 Å². The molecule has 2 unspecified atom stereocenters. The number of hydrogen-bond acceptors (Lipinski definition) is 4. The Morgan fingerprint density at radius 1 is 1.40 bits per heavy atom. The number of ether oxygens (including phenoxy) is 1. The van der Waals surface area contributed by atoms with E-state index < -0.39 is 0 Å². The van der Waals surface area contributed by atoms with Gasteiger partial charge >= 0.3 is 0 Å². The van der Waals surface area contributed by atoms with Crippen molar-refractivity contribution in [3.63, 3.8) is 0 Å². The van der Waals surface area contributed by atoms with Crippen molar-refractivity contribution in [1.29, 1.82) is 0 Å². The van der Waals surface area contributed by atoms with Gasteiger partial charge in [-0.15, -0.1) is 0 Å². The van der Waals surface area contributed by atoms with Gasteiger partial charge in [-0.2, -0.15) is 5.10 Å². The number of piperidine rings is 1. The van der Waals surface area contributed by atoms with Crippen molar-refractivity contribution in [3.05, 3.63) is 17.3 Å². The number of pyridine rings is 1. The van der Waals surface area contributed by atoms with E-state index in [-0.39, 0.29) is 6.10 Å². The quantitative estimate of drug-likeness (QED) is 0.854. The molecule has 1 fully saturated rings. The first-order valence-corrected chi connectivity index (χ1v) is 7.25. The third-order valence-corrected chi connectivity index (χ3v) is 4.42. The van der Waals surface area contributed by atoms with Gasteiger partial charge in [0.05, 0.1) is 22.7 Å². The molecular weight excluding hydrogens is 276 g/mol. The van der Waals surface area contributed by atoms with Crippen LogP contribution in [-0.2, 0) is 11.8 Å². The van der Waals surface area contributed by atoms with Gasteiger partial charge < -0.3 is 9.64 Å². The molecule has 0 N–H and O–H groups in total. The number of halogens is 1. The molecule has 6 heteroatoms. The number of aryl methyl sites for hydroxylation is 1. The fourth-order valence-corrected chi connectivity index (χ4v) is 3.03. The zero-order valence-electron chi connectivity index (χ0n) is 12.0. The summed E-state index contributed by atoms with van der Waals surface area (Å²) in [6.45, 7) is 3.07. The van der Waals surface area contributed by atoms with E-state index in [2.05, 4.69) is 16.9 Å². The van der Waals surface area contributed by atoms with E-state index in [1.807, 2.05) is 13.1 Å². The Balaban J connectivity index is 2.02. The summed E-state index contributed by atoms with van der Waals surface area (Å²) in [5.74, 6) is 0.903. The Labute approximate surface area is 123 Å². The average molecular weight is 295 g/mol. The Bertz CT molecular complexity index is 627. The van der Waals surface area contributed by atoms with Crippen LogP contribution in [0.1, 0.15) is 19.8 Å². The lowest BCUT2D eigenvalue weighted by molar-refractivity contribution is 0.0826. The molecule has 108 valence electrons. The molecule has 2 atom stereocenters. The second-order valence-electron chi connectivity index (χ2n) is 5.40. The van der Waals surface area contributed by atoms with Crippen molar-refractivity contribution in [3.8, 4) is 0 Å². The predicted octanol–water partition coefficient (Wildman–Crippen LogP) is 2.63. The fraction of sp³-hybridized carbons (Fsp3) is 0.571. The molecule has 2 aromatic rings. The molecule has 0 saturated carbocycles. The van der Waals surface area contributed by atoms with Crippen LogP contribution >= 0.6 is 11.6 Å². The molecule has 1 aliphatic rings. The van der Waals surface area contributed by atoms with Gasteiger partial charge in [-0.05, 0) is 19.8 Å². The van der Waals surface area contributed by atoms with Gasteiger partial charge in [0.1, 0.15) is 5.82 Å². The third-order valence-electron chi connectivity index (χ3n) is 4.11. The van der Waals surface area contributed by atoms with Crippen LogP contribution in [0, 0.1) is 0 Å². The third kappa shape index (κ3) is 2.25. The standard InChI is InChI=1S/C14H19ClN4O/c1-9-4-5-10(20-3)8-19(9)13-6-12(15)11-7-16-18(2)14(11)17-13/h6-7,9-10H,4-5,8H2,1-3H3. The first-order chi connectivity index (χ1) is 9.60. The SMILES string of the molecule is COC1CCC(C)N(c2cc(Cl)c3cnn(C)c3n2)C1. The minimum absolute atomic E-state index is 0.258. The van der Waals surface area contributed by atoms with Gasteiger partial charge in [0.2, 0.25) is 0 Å². The van der Waals surface area contributed by atoms with Crippen molar-refractivity contribution >= 4 is 28.5 Å². The highest BCUT2D eigenvalue weighted by molar-refractivity contribution is 6.35. The first-order valence-electron chi connectivity index (χ1n) is 6.88. The molecule has 0 radical (unpaired) electrons. The second kappa shape index (κ2) is 5.22. The number of methoxy groups -OCH3 is 1. The highest BCUT2D eigenvalue weighted by Gasteiger charge is 2.27. The van der Waals surface area contributed by atoms with Crippen LogP contribution in [0.5, 0.6) is 0 Å². The highest BCUT2D eigenvalue weighted by Crippen LogP contribution is 2.30. The van der Waals surface area contributed by atoms with Crippen molar-refractivity contribution < 1.29 is 4.74 Å². The van der Waals surface area contributed by atoms with Crippen LogP contribution in [0.4, 0.5) is 5.82 Å². The smallest absolute Gasteiger partial charge is 0.161 e. The maximum atomic E-state index is 6.36. The van der Waals surface area contributed by atoms with Crippen LogP contribution in [0.15, 0.2) is 12.3 Å². The van der Waals surface area contributed by atoms with Crippen molar-refractivity contribution in [2.24, 2.45) is 7.05 Å². The molecule has 1 aliphatic heterocycles. The lowest BCUT2D eigenvalue weighted by Gasteiger charge is -2.38. The van der Waals surface area contributed by atoms with Gasteiger partial charge in [-0.1, -0.05) is 11.6 Å². The van der Waals surface area contributed by atoms with E-state index in [9.17, 15) is 0 Å². The monoisotopic (exact) mass is 294 g/mol. The predicted molar refractivity (Wildman–Crippen MR) is 80.4 cm³/mol. The molecule has 20 heavy (non-hydrogen) atoms. The highest BCUT2D eigenvalue weighted by atomic mass is 35.5. The zero-order valence-corrected chi connectivity index (χ0v) is 12.8. The van der Waals surface area contributed by atoms with E-state index in [0.29, 0.717) is 11.1 Å². The van der Waals surface area contributed by atoms with Crippen molar-refractivity contribution in [2.75, 3.05) is 18.6 Å². The lowest BCUT2D eigenvalue weighted by Crippen LogP contribution is -2.45. The van der Waals surface area contributed by atoms with Crippen molar-refractivity contribution in [2.45, 2.75) is 31.9 Å². The Hall–Kier alpha value is -1.33. The molecule has 1 saturated heterocycles. The molecule has 0 aromatic carbocycles. The van der Waals surface area contributed by atoms with Gasteiger partial charge in [0.25, 0.3) is 0 Å². The summed E-state index contributed by atoms with van der Waals surface area (Å²) < 4.78 is 7.25. The van der Waals surface area contributed by atoms with Gasteiger partial charge in [-0.3, -0.25) is 4.68 Å². The Morgan fingerprint density at radius 3 is 2.95 bits per heavy atom. The van der Waals surface area contributed by atoms with Crippen molar-refractivity contribution in [1.82, 2.24) is 14.8 Å². The van der Waals surface area contributed by atoms with E-state index >= 15 is 0 Å². The molecule has 3 heterocycles. The Morgan fingerprint density at radius 2 is 2.20 bits per heavy atom. The minimum Gasteiger partial charge on any atom is -0.380 e. The maximum Gasteiger partial charge on any atom is 0.161 e. The molecule has 0 bridgehead atoms. The number of hydrogen-bond donors (Lipinski definition) is 0. The van der Waals surface area contributed by atoms with Crippen LogP contribution in [0.25, 0.3) is 11.0 Å². The summed E-state index contributed by atoms with van der Waals surface area (Å²) in [6.07, 6.45) is 4.21. The summed E-state index contributed by atoms with van der Waals surface area (Å²) >= 11 is 6.36. The van der Waals surface area contributed by atoms with Crippen LogP contribution in [-0.4, -0.2) is 40.6 Å². The van der Waals surface area contributed by atoms with Gasteiger partial charge in [0, 0.05) is 32.8 Å². The summed E-state index contributed by atoms with van der Waals surface area (Å²) in [5.41, 5.74) is 0.819. The number of anilines is 1. The molecule has 5 nitrogen and oxygen atoms in total. The summed E-state index contributed by atoms with van der Waals surface area (Å²) in [6, 6.07) is 2.37. The Kier molecular flexibility index (Phi) is 3.56. The van der Waals surface area contributed by atoms with Crippen LogP contribution < -0.4 is 4.90 Å². The lowest BCUT2D eigenvalue weighted by atomic mass is 10.0. The van der Waals surface area contributed by atoms with E-state index in [4.69, 9.17) is 21.3 Å². The topological polar surface area (TPSA) is 43.2 Å². The number of rotatable bonds is 2. The molecule has 3 rings (SSSR count). The minimum atomic E-state index is 0.258. The number of nitrogens with zero attached hydrogens (tertiary/aromatic N) is 4. The summed E-state index contributed by atoms with van der Waals surface area (Å²) in [4.78, 5) is 7.00. The number of aromatic nitrogens is 3. The van der Waals surface area contributed by atoms with Crippen LogP contribution in [0.3, 0.4) is 0 Å².